The fourth-order valence-corrected chi connectivity index (χ4v) is 11.3. The summed E-state index contributed by atoms with van der Waals surface area (Å²) in [5.41, 5.74) is 14.4. The van der Waals surface area contributed by atoms with Crippen molar-refractivity contribution in [2.75, 3.05) is 54.0 Å². The molecule has 0 N–H and O–H groups in total. The molecule has 0 saturated carbocycles. The summed E-state index contributed by atoms with van der Waals surface area (Å²) in [5, 5.41) is 0. The molecule has 0 unspecified atom stereocenters. The first-order chi connectivity index (χ1) is 27.7. The SMILES string of the molecule is C=CC(/C=C/c1cc2c3c(c1)CCCN3CCC2)=C\C=NCCCCCCSSCCCCCC[n+]1ccc(/C=C/c2cc3c4c(c2)CCCN4CCC3)cc1. The molecule has 6 heteroatoms. The fourth-order valence-electron chi connectivity index (χ4n) is 9.02. The summed E-state index contributed by atoms with van der Waals surface area (Å²) in [4.78, 5) is 9.89. The lowest BCUT2D eigenvalue weighted by Gasteiger charge is -2.37. The molecule has 4 nitrogen and oxygen atoms in total. The maximum Gasteiger partial charge on any atom is 0.169 e. The molecule has 5 heterocycles. The van der Waals surface area contributed by atoms with E-state index in [1.165, 1.54) is 168 Å². The first kappa shape index (κ1) is 40.7. The summed E-state index contributed by atoms with van der Waals surface area (Å²) in [5.74, 6) is 2.55. The third kappa shape index (κ3) is 11.8. The standard InChI is InChI=1S/C50H65N4S2/c1-2-41(19-21-43-37-45-15-11-29-53-30-12-16-46(38-43)49(45)53)23-27-51-26-7-3-5-9-35-55-56-36-10-6-4-8-28-52-33-24-42(25-34-52)20-22-44-39-47-17-13-31-54-32-14-18-48(40-44)50(47)54/h2,19-25,27,33-34,37-40H,1,3-18,26,28-32,35-36H2/q+1/b21-19+,41-23+,51-27?. The molecular formula is C50H65N4S2+. The van der Waals surface area contributed by atoms with Crippen LogP contribution in [0, 0.1) is 0 Å². The fraction of sp³-hybridized carbons (Fsp3) is 0.480. The second kappa shape index (κ2) is 21.9. The molecule has 4 aliphatic rings. The monoisotopic (exact) mass is 785 g/mol. The molecule has 296 valence electrons. The van der Waals surface area contributed by atoms with Gasteiger partial charge in [0, 0.05) is 80.4 Å². The zero-order valence-electron chi connectivity index (χ0n) is 33.9. The Morgan fingerprint density at radius 1 is 0.625 bits per heavy atom. The number of allylic oxidation sites excluding steroid dienone is 4. The van der Waals surface area contributed by atoms with Crippen LogP contribution in [-0.4, -0.2) is 50.4 Å². The lowest BCUT2D eigenvalue weighted by molar-refractivity contribution is -0.697. The molecule has 56 heavy (non-hydrogen) atoms. The van der Waals surface area contributed by atoms with Crippen molar-refractivity contribution in [3.05, 3.63) is 118 Å². The van der Waals surface area contributed by atoms with Gasteiger partial charge < -0.3 is 9.80 Å². The Morgan fingerprint density at radius 2 is 1.12 bits per heavy atom. The number of benzene rings is 2. The van der Waals surface area contributed by atoms with E-state index >= 15 is 0 Å². The summed E-state index contributed by atoms with van der Waals surface area (Å²) >= 11 is 0. The average Bonchev–Trinajstić information content (AvgIpc) is 3.23. The van der Waals surface area contributed by atoms with Crippen molar-refractivity contribution in [2.24, 2.45) is 4.99 Å². The Balaban J connectivity index is 0.680. The molecule has 0 amide bonds. The predicted octanol–water partition coefficient (Wildman–Crippen LogP) is 11.9. The van der Waals surface area contributed by atoms with E-state index in [2.05, 4.69) is 127 Å². The second-order valence-electron chi connectivity index (χ2n) is 16.2. The van der Waals surface area contributed by atoms with E-state index < -0.39 is 0 Å². The molecule has 0 bridgehead atoms. The van der Waals surface area contributed by atoms with E-state index in [4.69, 9.17) is 0 Å². The Morgan fingerprint density at radius 3 is 1.68 bits per heavy atom. The van der Waals surface area contributed by atoms with Crippen LogP contribution in [0.25, 0.3) is 18.2 Å². The molecule has 3 aromatic rings. The Bertz CT molecular complexity index is 1790. The Labute approximate surface area is 346 Å². The topological polar surface area (TPSA) is 22.7 Å². The smallest absolute Gasteiger partial charge is 0.169 e. The third-order valence-corrected chi connectivity index (χ3v) is 14.5. The van der Waals surface area contributed by atoms with Crippen molar-refractivity contribution in [2.45, 2.75) is 109 Å². The minimum Gasteiger partial charge on any atom is -0.371 e. The van der Waals surface area contributed by atoms with Gasteiger partial charge in [0.25, 0.3) is 0 Å². The van der Waals surface area contributed by atoms with Crippen LogP contribution in [0.3, 0.4) is 0 Å². The third-order valence-electron chi connectivity index (χ3n) is 11.9. The van der Waals surface area contributed by atoms with Crippen LogP contribution in [-0.2, 0) is 32.2 Å². The maximum absolute atomic E-state index is 4.66. The molecular weight excluding hydrogens is 721 g/mol. The average molecular weight is 786 g/mol. The highest BCUT2D eigenvalue weighted by molar-refractivity contribution is 8.76. The van der Waals surface area contributed by atoms with Crippen LogP contribution < -0.4 is 14.4 Å². The summed E-state index contributed by atoms with van der Waals surface area (Å²) in [6.07, 6.45) is 39.9. The van der Waals surface area contributed by atoms with E-state index in [1.54, 1.807) is 22.5 Å². The zero-order chi connectivity index (χ0) is 38.2. The maximum atomic E-state index is 4.66. The number of aliphatic imine (C=N–C) groups is 1. The molecule has 0 fully saturated rings. The number of anilines is 2. The summed E-state index contributed by atoms with van der Waals surface area (Å²) in [6, 6.07) is 14.2. The Hall–Kier alpha value is -3.48. The van der Waals surface area contributed by atoms with Crippen molar-refractivity contribution in [3.8, 4) is 0 Å². The van der Waals surface area contributed by atoms with Crippen LogP contribution in [0.2, 0.25) is 0 Å². The number of nitrogens with zero attached hydrogens (tertiary/aromatic N) is 4. The summed E-state index contributed by atoms with van der Waals surface area (Å²) in [6.45, 7) is 11.0. The van der Waals surface area contributed by atoms with Gasteiger partial charge in [-0.15, -0.1) is 0 Å². The minimum absolute atomic E-state index is 0.911. The number of rotatable bonds is 21. The van der Waals surface area contributed by atoms with Gasteiger partial charge in [0.2, 0.25) is 0 Å². The van der Waals surface area contributed by atoms with Crippen LogP contribution >= 0.6 is 21.6 Å². The first-order valence-corrected chi connectivity index (χ1v) is 24.5. The van der Waals surface area contributed by atoms with Gasteiger partial charge in [-0.05, 0) is 152 Å². The molecule has 4 aliphatic heterocycles. The number of hydrogen-bond donors (Lipinski definition) is 0. The molecule has 7 rings (SSSR count). The lowest BCUT2D eigenvalue weighted by atomic mass is 9.90. The predicted molar refractivity (Wildman–Crippen MR) is 249 cm³/mol. The number of pyridine rings is 1. The number of hydrogen-bond acceptors (Lipinski definition) is 5. The normalized spacial score (nSPS) is 16.6. The van der Waals surface area contributed by atoms with Gasteiger partial charge in [0.05, 0.1) is 0 Å². The van der Waals surface area contributed by atoms with Gasteiger partial charge in [0.15, 0.2) is 12.4 Å². The second-order valence-corrected chi connectivity index (χ2v) is 18.9. The van der Waals surface area contributed by atoms with E-state index in [9.17, 15) is 0 Å². The van der Waals surface area contributed by atoms with Crippen LogP contribution in [0.15, 0.2) is 84.2 Å². The molecule has 2 aromatic carbocycles. The molecule has 0 atom stereocenters. The molecule has 0 radical (unpaired) electrons. The van der Waals surface area contributed by atoms with Crippen molar-refractivity contribution >= 4 is 57.4 Å². The first-order valence-electron chi connectivity index (χ1n) is 22.0. The van der Waals surface area contributed by atoms with Crippen molar-refractivity contribution < 1.29 is 4.57 Å². The highest BCUT2D eigenvalue weighted by atomic mass is 33.1. The van der Waals surface area contributed by atoms with Crippen LogP contribution in [0.1, 0.15) is 116 Å². The van der Waals surface area contributed by atoms with E-state index in [1.807, 2.05) is 12.3 Å². The van der Waals surface area contributed by atoms with E-state index in [0.717, 1.165) is 18.7 Å². The molecule has 0 aliphatic carbocycles. The zero-order valence-corrected chi connectivity index (χ0v) is 35.6. The van der Waals surface area contributed by atoms with Crippen LogP contribution in [0.4, 0.5) is 11.4 Å². The minimum atomic E-state index is 0.911. The summed E-state index contributed by atoms with van der Waals surface area (Å²) < 4.78 is 2.35. The number of aromatic nitrogens is 1. The van der Waals surface area contributed by atoms with Gasteiger partial charge in [-0.1, -0.05) is 77.8 Å². The molecule has 1 aromatic heterocycles. The highest BCUT2D eigenvalue weighted by Crippen LogP contribution is 2.38. The largest absolute Gasteiger partial charge is 0.371 e. The number of aryl methyl sites for hydroxylation is 5. The quantitative estimate of drug-likeness (QED) is 0.0353. The van der Waals surface area contributed by atoms with E-state index in [0.29, 0.717) is 0 Å². The highest BCUT2D eigenvalue weighted by Gasteiger charge is 2.25. The molecule has 0 saturated heterocycles. The lowest BCUT2D eigenvalue weighted by Crippen LogP contribution is -2.34. The van der Waals surface area contributed by atoms with Crippen molar-refractivity contribution in [3.63, 3.8) is 0 Å². The van der Waals surface area contributed by atoms with Gasteiger partial charge in [-0.3, -0.25) is 4.99 Å². The van der Waals surface area contributed by atoms with E-state index in [-0.39, 0.29) is 0 Å². The van der Waals surface area contributed by atoms with Crippen molar-refractivity contribution in [1.29, 1.82) is 0 Å². The van der Waals surface area contributed by atoms with Crippen LogP contribution in [0.5, 0.6) is 0 Å². The van der Waals surface area contributed by atoms with Gasteiger partial charge >= 0.3 is 0 Å². The van der Waals surface area contributed by atoms with Crippen molar-refractivity contribution in [1.82, 2.24) is 0 Å². The van der Waals surface area contributed by atoms with Gasteiger partial charge in [-0.25, -0.2) is 4.57 Å². The van der Waals surface area contributed by atoms with Gasteiger partial charge in [-0.2, -0.15) is 0 Å². The van der Waals surface area contributed by atoms with Gasteiger partial charge in [0.1, 0.15) is 6.54 Å². The number of unbranched alkanes of at least 4 members (excludes halogenated alkanes) is 6. The molecule has 0 spiro atoms. The summed E-state index contributed by atoms with van der Waals surface area (Å²) in [7, 11) is 4.14. The Kier molecular flexibility index (Phi) is 15.9.